The smallest absolute Gasteiger partial charge is 0.307 e. The summed E-state index contributed by atoms with van der Waals surface area (Å²) in [5.41, 5.74) is 0. The number of nitrogens with one attached hydrogen (secondary N) is 1. The van der Waals surface area contributed by atoms with E-state index in [1.54, 1.807) is 0 Å². The maximum Gasteiger partial charge on any atom is 0.307 e. The van der Waals surface area contributed by atoms with E-state index in [0.717, 1.165) is 0 Å². The number of hydrogen-bond donors (Lipinski definition) is 1. The van der Waals surface area contributed by atoms with E-state index in [0.29, 0.717) is 18.5 Å². The Morgan fingerprint density at radius 2 is 2.24 bits per heavy atom. The highest BCUT2D eigenvalue weighted by molar-refractivity contribution is 5.69. The first kappa shape index (κ1) is 12.8. The first-order valence-corrected chi connectivity index (χ1v) is 6.77. The average molecular weight is 240 g/mol. The van der Waals surface area contributed by atoms with Gasteiger partial charge in [-0.1, -0.05) is 6.42 Å². The summed E-state index contributed by atoms with van der Waals surface area (Å²) in [4.78, 5) is 13.8. The summed E-state index contributed by atoms with van der Waals surface area (Å²) in [7, 11) is 1.45. The first-order chi connectivity index (χ1) is 8.20. The Kier molecular flexibility index (Phi) is 4.40. The van der Waals surface area contributed by atoms with Gasteiger partial charge >= 0.3 is 5.97 Å². The molecule has 0 saturated carbocycles. The van der Waals surface area contributed by atoms with Crippen molar-refractivity contribution in [1.82, 2.24) is 10.2 Å². The van der Waals surface area contributed by atoms with Crippen molar-refractivity contribution < 1.29 is 9.53 Å². The Morgan fingerprint density at radius 3 is 3.00 bits per heavy atom. The summed E-state index contributed by atoms with van der Waals surface area (Å²) >= 11 is 0. The molecule has 3 atom stereocenters. The topological polar surface area (TPSA) is 41.6 Å². The lowest BCUT2D eigenvalue weighted by Crippen LogP contribution is -2.47. The SMILES string of the molecule is COC(=O)CC(C)NC1CCN2CCCCC12. The number of ether oxygens (including phenoxy) is 1. The third-order valence-corrected chi connectivity index (χ3v) is 4.06. The molecule has 2 rings (SSSR count). The molecule has 0 aromatic carbocycles. The number of carbonyl (C=O) groups excluding carboxylic acids is 1. The number of nitrogens with zero attached hydrogens (tertiary/aromatic N) is 1. The first-order valence-electron chi connectivity index (χ1n) is 6.77. The molecule has 0 aliphatic carbocycles. The number of fused-ring (bicyclic) bond motifs is 1. The maximum atomic E-state index is 11.2. The number of piperidine rings is 1. The van der Waals surface area contributed by atoms with Crippen LogP contribution in [0.1, 0.15) is 39.0 Å². The lowest BCUT2D eigenvalue weighted by molar-refractivity contribution is -0.141. The van der Waals surface area contributed by atoms with Crippen molar-refractivity contribution in [3.8, 4) is 0 Å². The Hall–Kier alpha value is -0.610. The van der Waals surface area contributed by atoms with E-state index in [2.05, 4.69) is 17.1 Å². The van der Waals surface area contributed by atoms with Crippen molar-refractivity contribution in [2.45, 2.75) is 57.2 Å². The molecule has 2 aliphatic heterocycles. The van der Waals surface area contributed by atoms with E-state index in [9.17, 15) is 4.79 Å². The monoisotopic (exact) mass is 240 g/mol. The van der Waals surface area contributed by atoms with E-state index in [1.807, 2.05) is 0 Å². The molecule has 2 aliphatic rings. The molecule has 0 spiro atoms. The molecule has 0 aromatic heterocycles. The molecule has 0 bridgehead atoms. The highest BCUT2D eigenvalue weighted by Gasteiger charge is 2.35. The molecule has 17 heavy (non-hydrogen) atoms. The van der Waals surface area contributed by atoms with Crippen molar-refractivity contribution in [2.24, 2.45) is 0 Å². The molecule has 3 unspecified atom stereocenters. The minimum atomic E-state index is -0.122. The van der Waals surface area contributed by atoms with E-state index in [4.69, 9.17) is 4.74 Å². The molecule has 1 N–H and O–H groups in total. The number of rotatable bonds is 4. The van der Waals surface area contributed by atoms with Gasteiger partial charge in [0.05, 0.1) is 13.5 Å². The molecule has 0 aromatic rings. The number of hydrogen-bond acceptors (Lipinski definition) is 4. The second-order valence-electron chi connectivity index (χ2n) is 5.34. The number of esters is 1. The van der Waals surface area contributed by atoms with E-state index < -0.39 is 0 Å². The van der Waals surface area contributed by atoms with Crippen molar-refractivity contribution in [3.05, 3.63) is 0 Å². The van der Waals surface area contributed by atoms with Gasteiger partial charge in [-0.05, 0) is 32.7 Å². The number of methoxy groups -OCH3 is 1. The molecular weight excluding hydrogens is 216 g/mol. The fourth-order valence-corrected chi connectivity index (χ4v) is 3.20. The van der Waals surface area contributed by atoms with Crippen LogP contribution in [-0.2, 0) is 9.53 Å². The van der Waals surface area contributed by atoms with Crippen molar-refractivity contribution in [1.29, 1.82) is 0 Å². The van der Waals surface area contributed by atoms with Gasteiger partial charge in [0.15, 0.2) is 0 Å². The normalized spacial score (nSPS) is 30.9. The summed E-state index contributed by atoms with van der Waals surface area (Å²) in [6, 6.07) is 1.48. The number of carbonyl (C=O) groups is 1. The van der Waals surface area contributed by atoms with Crippen LogP contribution in [0.4, 0.5) is 0 Å². The summed E-state index contributed by atoms with van der Waals surface area (Å²) < 4.78 is 4.70. The lowest BCUT2D eigenvalue weighted by Gasteiger charge is -2.33. The fourth-order valence-electron chi connectivity index (χ4n) is 3.20. The van der Waals surface area contributed by atoms with Crippen LogP contribution in [0.2, 0.25) is 0 Å². The second-order valence-corrected chi connectivity index (χ2v) is 5.34. The predicted octanol–water partition coefficient (Wildman–Crippen LogP) is 1.15. The quantitative estimate of drug-likeness (QED) is 0.749. The van der Waals surface area contributed by atoms with Gasteiger partial charge < -0.3 is 10.1 Å². The average Bonchev–Trinajstić information content (AvgIpc) is 2.72. The molecule has 2 saturated heterocycles. The van der Waals surface area contributed by atoms with E-state index in [1.165, 1.54) is 45.9 Å². The van der Waals surface area contributed by atoms with Gasteiger partial charge in [-0.3, -0.25) is 9.69 Å². The van der Waals surface area contributed by atoms with Crippen LogP contribution in [-0.4, -0.2) is 49.2 Å². The molecule has 98 valence electrons. The summed E-state index contributed by atoms with van der Waals surface area (Å²) in [6.45, 7) is 4.55. The van der Waals surface area contributed by atoms with Gasteiger partial charge in [0.25, 0.3) is 0 Å². The lowest BCUT2D eigenvalue weighted by atomic mass is 9.98. The van der Waals surface area contributed by atoms with Crippen LogP contribution < -0.4 is 5.32 Å². The van der Waals surface area contributed by atoms with Crippen molar-refractivity contribution in [3.63, 3.8) is 0 Å². The zero-order valence-corrected chi connectivity index (χ0v) is 10.9. The minimum Gasteiger partial charge on any atom is -0.469 e. The molecule has 4 nitrogen and oxygen atoms in total. The maximum absolute atomic E-state index is 11.2. The Morgan fingerprint density at radius 1 is 1.41 bits per heavy atom. The molecule has 0 amide bonds. The highest BCUT2D eigenvalue weighted by Crippen LogP contribution is 2.27. The Labute approximate surface area is 104 Å². The van der Waals surface area contributed by atoms with Crippen molar-refractivity contribution in [2.75, 3.05) is 20.2 Å². The molecule has 2 fully saturated rings. The van der Waals surface area contributed by atoms with Gasteiger partial charge in [0.1, 0.15) is 0 Å². The molecule has 2 heterocycles. The third-order valence-electron chi connectivity index (χ3n) is 4.06. The van der Waals surface area contributed by atoms with Gasteiger partial charge in [0.2, 0.25) is 0 Å². The van der Waals surface area contributed by atoms with Crippen LogP contribution in [0.5, 0.6) is 0 Å². The van der Waals surface area contributed by atoms with Gasteiger partial charge in [-0.2, -0.15) is 0 Å². The van der Waals surface area contributed by atoms with Crippen LogP contribution in [0.15, 0.2) is 0 Å². The zero-order chi connectivity index (χ0) is 12.3. The van der Waals surface area contributed by atoms with Gasteiger partial charge in [-0.25, -0.2) is 0 Å². The summed E-state index contributed by atoms with van der Waals surface area (Å²) in [5.74, 6) is -0.122. The van der Waals surface area contributed by atoms with Crippen LogP contribution in [0, 0.1) is 0 Å². The summed E-state index contributed by atoms with van der Waals surface area (Å²) in [5, 5.41) is 3.60. The van der Waals surface area contributed by atoms with Gasteiger partial charge in [-0.15, -0.1) is 0 Å². The Bertz CT molecular complexity index is 270. The largest absolute Gasteiger partial charge is 0.469 e. The zero-order valence-electron chi connectivity index (χ0n) is 10.9. The van der Waals surface area contributed by atoms with Crippen LogP contribution in [0.25, 0.3) is 0 Å². The standard InChI is InChI=1S/C13H24N2O2/c1-10(9-13(16)17-2)14-11-6-8-15-7-4-3-5-12(11)15/h10-12,14H,3-9H2,1-2H3. The molecule has 4 heteroatoms. The van der Waals surface area contributed by atoms with Crippen LogP contribution in [0.3, 0.4) is 0 Å². The van der Waals surface area contributed by atoms with Gasteiger partial charge in [0, 0.05) is 24.7 Å². The molecular formula is C13H24N2O2. The van der Waals surface area contributed by atoms with Crippen LogP contribution >= 0.6 is 0 Å². The van der Waals surface area contributed by atoms with Crippen molar-refractivity contribution >= 4 is 5.97 Å². The fraction of sp³-hybridized carbons (Fsp3) is 0.923. The minimum absolute atomic E-state index is 0.122. The third kappa shape index (κ3) is 3.19. The summed E-state index contributed by atoms with van der Waals surface area (Å²) in [6.07, 6.45) is 5.70. The molecule has 0 radical (unpaired) electrons. The Balaban J connectivity index is 1.80. The highest BCUT2D eigenvalue weighted by atomic mass is 16.5. The van der Waals surface area contributed by atoms with E-state index in [-0.39, 0.29) is 12.0 Å². The predicted molar refractivity (Wildman–Crippen MR) is 66.8 cm³/mol. The van der Waals surface area contributed by atoms with E-state index >= 15 is 0 Å². The second kappa shape index (κ2) is 5.83.